The van der Waals surface area contributed by atoms with E-state index in [1.54, 1.807) is 0 Å². The van der Waals surface area contributed by atoms with Crippen LogP contribution in [0.25, 0.3) is 11.0 Å². The summed E-state index contributed by atoms with van der Waals surface area (Å²) in [5, 5.41) is 22.9. The van der Waals surface area contributed by atoms with Gasteiger partial charge in [-0.3, -0.25) is 0 Å². The summed E-state index contributed by atoms with van der Waals surface area (Å²) >= 11 is 0. The van der Waals surface area contributed by atoms with Gasteiger partial charge in [-0.1, -0.05) is 66.7 Å². The maximum absolute atomic E-state index is 12.2. The molecule has 2 N–H and O–H groups in total. The van der Waals surface area contributed by atoms with Crippen LogP contribution in [0.5, 0.6) is 0 Å². The van der Waals surface area contributed by atoms with Gasteiger partial charge in [0.2, 0.25) is 0 Å². The van der Waals surface area contributed by atoms with E-state index in [0.29, 0.717) is 25.6 Å². The summed E-state index contributed by atoms with van der Waals surface area (Å²) in [4.78, 5) is 4.88. The van der Waals surface area contributed by atoms with E-state index in [0.717, 1.165) is 27.7 Å². The van der Waals surface area contributed by atoms with Crippen LogP contribution in [-0.4, -0.2) is 33.0 Å². The number of ether oxygens (including phenoxy) is 1. The number of nitrogens with zero attached hydrogens (tertiary/aromatic N) is 2. The number of aromatic nitrogens is 2. The predicted molar refractivity (Wildman–Crippen MR) is 115 cm³/mol. The van der Waals surface area contributed by atoms with Crippen LogP contribution in [0, 0.1) is 0 Å². The molecule has 4 aromatic rings. The first-order valence-corrected chi connectivity index (χ1v) is 10.2. The molecule has 0 aliphatic carbocycles. The fraction of sp³-hybridized carbons (Fsp3) is 0.240. The van der Waals surface area contributed by atoms with Crippen molar-refractivity contribution in [3.8, 4) is 0 Å². The Morgan fingerprint density at radius 2 is 1.57 bits per heavy atom. The number of aliphatic hydroxyl groups is 2. The first-order chi connectivity index (χ1) is 14.6. The van der Waals surface area contributed by atoms with Crippen molar-refractivity contribution in [1.29, 1.82) is 0 Å². The molecule has 0 bridgehead atoms. The average molecular weight is 400 g/mol. The van der Waals surface area contributed by atoms with Crippen molar-refractivity contribution in [3.63, 3.8) is 0 Å². The van der Waals surface area contributed by atoms with Crippen molar-refractivity contribution >= 4 is 11.0 Å². The molecule has 5 nitrogen and oxygen atoms in total. The zero-order valence-corrected chi connectivity index (χ0v) is 16.8. The Balaban J connectivity index is 1.76. The highest BCUT2D eigenvalue weighted by molar-refractivity contribution is 5.78. The summed E-state index contributed by atoms with van der Waals surface area (Å²) in [6, 6.07) is 25.0. The van der Waals surface area contributed by atoms with E-state index >= 15 is 0 Å². The van der Waals surface area contributed by atoms with Gasteiger partial charge >= 0.3 is 0 Å². The zero-order chi connectivity index (χ0) is 20.8. The van der Waals surface area contributed by atoms with Crippen LogP contribution >= 0.6 is 0 Å². The SMILES string of the molecule is CCn1c(C(O)(c2ccccc2)c2ccccc2)nc2ccc(C3(O)COC3)cc21. The Kier molecular flexibility index (Phi) is 4.47. The van der Waals surface area contributed by atoms with Crippen molar-refractivity contribution < 1.29 is 14.9 Å². The second-order valence-corrected chi connectivity index (χ2v) is 7.85. The first-order valence-electron chi connectivity index (χ1n) is 10.2. The number of imidazole rings is 1. The lowest BCUT2D eigenvalue weighted by atomic mass is 9.85. The van der Waals surface area contributed by atoms with Gasteiger partial charge in [0.15, 0.2) is 11.4 Å². The molecule has 3 aromatic carbocycles. The van der Waals surface area contributed by atoms with Crippen LogP contribution in [0.3, 0.4) is 0 Å². The van der Waals surface area contributed by atoms with Crippen LogP contribution in [0.2, 0.25) is 0 Å². The lowest BCUT2D eigenvalue weighted by Gasteiger charge is -2.36. The topological polar surface area (TPSA) is 67.5 Å². The lowest BCUT2D eigenvalue weighted by Crippen LogP contribution is -2.46. The molecule has 1 aliphatic rings. The summed E-state index contributed by atoms with van der Waals surface area (Å²) in [5.74, 6) is 0.561. The minimum Gasteiger partial charge on any atom is -0.380 e. The van der Waals surface area contributed by atoms with Gasteiger partial charge in [0, 0.05) is 6.54 Å². The van der Waals surface area contributed by atoms with Crippen LogP contribution in [-0.2, 0) is 22.5 Å². The Morgan fingerprint density at radius 1 is 0.967 bits per heavy atom. The zero-order valence-electron chi connectivity index (χ0n) is 16.8. The standard InChI is InChI=1S/C25H24N2O3/c1-2-27-22-15-20(24(28)16-30-17-24)13-14-21(22)26-23(27)25(29,18-9-5-3-6-10-18)19-11-7-4-8-12-19/h3-15,28-29H,2,16-17H2,1H3. The number of fused-ring (bicyclic) bond motifs is 1. The van der Waals surface area contributed by atoms with E-state index in [1.807, 2.05) is 90.4 Å². The number of hydrogen-bond donors (Lipinski definition) is 2. The lowest BCUT2D eigenvalue weighted by molar-refractivity contribution is -0.184. The highest BCUT2D eigenvalue weighted by atomic mass is 16.5. The largest absolute Gasteiger partial charge is 0.380 e. The van der Waals surface area contributed by atoms with Crippen LogP contribution in [0.1, 0.15) is 29.4 Å². The third-order valence-electron chi connectivity index (χ3n) is 5.99. The van der Waals surface area contributed by atoms with Gasteiger partial charge < -0.3 is 19.5 Å². The smallest absolute Gasteiger partial charge is 0.173 e. The van der Waals surface area contributed by atoms with E-state index in [-0.39, 0.29) is 0 Å². The molecule has 1 saturated heterocycles. The monoisotopic (exact) mass is 400 g/mol. The minimum absolute atomic E-state index is 0.295. The summed E-state index contributed by atoms with van der Waals surface area (Å²) in [6.45, 7) is 3.26. The van der Waals surface area contributed by atoms with Crippen LogP contribution in [0.4, 0.5) is 0 Å². The minimum atomic E-state index is -1.41. The number of hydrogen-bond acceptors (Lipinski definition) is 4. The van der Waals surface area contributed by atoms with E-state index in [2.05, 4.69) is 0 Å². The molecule has 1 aromatic heterocycles. The molecule has 0 radical (unpaired) electrons. The summed E-state index contributed by atoms with van der Waals surface area (Å²) in [5.41, 5.74) is 1.63. The molecule has 0 saturated carbocycles. The Morgan fingerprint density at radius 3 is 2.07 bits per heavy atom. The van der Waals surface area contributed by atoms with Crippen molar-refractivity contribution in [2.24, 2.45) is 0 Å². The number of aryl methyl sites for hydroxylation is 1. The highest BCUT2D eigenvalue weighted by Gasteiger charge is 2.40. The van der Waals surface area contributed by atoms with Crippen LogP contribution < -0.4 is 0 Å². The molecule has 2 heterocycles. The van der Waals surface area contributed by atoms with Crippen molar-refractivity contribution in [2.75, 3.05) is 13.2 Å². The fourth-order valence-electron chi connectivity index (χ4n) is 4.25. The van der Waals surface area contributed by atoms with Gasteiger partial charge in [-0.05, 0) is 35.7 Å². The van der Waals surface area contributed by atoms with Crippen molar-refractivity contribution in [2.45, 2.75) is 24.7 Å². The Labute approximate surface area is 175 Å². The summed E-state index contributed by atoms with van der Waals surface area (Å²) in [7, 11) is 0. The third-order valence-corrected chi connectivity index (χ3v) is 5.99. The number of benzene rings is 3. The fourth-order valence-corrected chi connectivity index (χ4v) is 4.25. The molecule has 0 atom stereocenters. The molecule has 0 spiro atoms. The predicted octanol–water partition coefficient (Wildman–Crippen LogP) is 3.56. The van der Waals surface area contributed by atoms with Gasteiger partial charge in [-0.15, -0.1) is 0 Å². The Hall–Kier alpha value is -2.99. The molecule has 1 fully saturated rings. The summed E-state index contributed by atoms with van der Waals surface area (Å²) in [6.07, 6.45) is 0. The molecular formula is C25H24N2O3. The first kappa shape index (κ1) is 19.0. The van der Waals surface area contributed by atoms with Gasteiger partial charge in [0.05, 0.1) is 24.2 Å². The maximum Gasteiger partial charge on any atom is 0.173 e. The van der Waals surface area contributed by atoms with Gasteiger partial charge in [0.25, 0.3) is 0 Å². The molecule has 1 aliphatic heterocycles. The molecule has 5 heteroatoms. The van der Waals surface area contributed by atoms with Gasteiger partial charge in [-0.25, -0.2) is 4.98 Å². The van der Waals surface area contributed by atoms with Gasteiger partial charge in [0.1, 0.15) is 5.60 Å². The molecule has 30 heavy (non-hydrogen) atoms. The molecular weight excluding hydrogens is 376 g/mol. The van der Waals surface area contributed by atoms with Crippen molar-refractivity contribution in [1.82, 2.24) is 9.55 Å². The van der Waals surface area contributed by atoms with Gasteiger partial charge in [-0.2, -0.15) is 0 Å². The third kappa shape index (κ3) is 2.78. The van der Waals surface area contributed by atoms with Crippen LogP contribution in [0.15, 0.2) is 78.9 Å². The number of rotatable bonds is 5. The maximum atomic E-state index is 12.2. The highest BCUT2D eigenvalue weighted by Crippen LogP contribution is 2.38. The average Bonchev–Trinajstić information content (AvgIpc) is 3.16. The van der Waals surface area contributed by atoms with Crippen molar-refractivity contribution in [3.05, 3.63) is 101 Å². The molecule has 0 amide bonds. The normalized spacial score (nSPS) is 15.8. The van der Waals surface area contributed by atoms with E-state index in [4.69, 9.17) is 9.72 Å². The quantitative estimate of drug-likeness (QED) is 0.538. The summed E-state index contributed by atoms with van der Waals surface area (Å²) < 4.78 is 7.25. The molecule has 0 unspecified atom stereocenters. The second-order valence-electron chi connectivity index (χ2n) is 7.85. The van der Waals surface area contributed by atoms with E-state index in [9.17, 15) is 10.2 Å². The Bertz CT molecular complexity index is 1140. The molecule has 5 rings (SSSR count). The molecule has 152 valence electrons. The second kappa shape index (κ2) is 7.06. The van der Waals surface area contributed by atoms with E-state index < -0.39 is 11.2 Å². The van der Waals surface area contributed by atoms with E-state index in [1.165, 1.54) is 0 Å².